The summed E-state index contributed by atoms with van der Waals surface area (Å²) in [7, 11) is 0. The highest BCUT2D eigenvalue weighted by atomic mass is 15.5. The zero-order valence-corrected chi connectivity index (χ0v) is 9.58. The predicted octanol–water partition coefficient (Wildman–Crippen LogP) is 2.54. The van der Waals surface area contributed by atoms with Gasteiger partial charge in [0.15, 0.2) is 0 Å². The summed E-state index contributed by atoms with van der Waals surface area (Å²) < 4.78 is 0. The highest BCUT2D eigenvalue weighted by molar-refractivity contribution is 5.47. The number of para-hydroxylation sites is 1. The first kappa shape index (κ1) is 10.3. The fourth-order valence-corrected chi connectivity index (χ4v) is 2.27. The van der Waals surface area contributed by atoms with Crippen LogP contribution >= 0.6 is 0 Å². The van der Waals surface area contributed by atoms with Gasteiger partial charge in [0.25, 0.3) is 0 Å². The molecule has 86 valence electrons. The van der Waals surface area contributed by atoms with Gasteiger partial charge >= 0.3 is 0 Å². The molecule has 1 aliphatic heterocycles. The Bertz CT molecular complexity index is 424. The van der Waals surface area contributed by atoms with E-state index in [1.807, 2.05) is 24.4 Å². The van der Waals surface area contributed by atoms with Crippen molar-refractivity contribution in [3.05, 3.63) is 60.4 Å². The van der Waals surface area contributed by atoms with Crippen LogP contribution in [-0.4, -0.2) is 11.5 Å². The largest absolute Gasteiger partial charge is 0.299 e. The number of hydrazine groups is 1. The molecular weight excluding hydrogens is 210 g/mol. The maximum Gasteiger partial charge on any atom is 0.0887 e. The van der Waals surface area contributed by atoms with Crippen LogP contribution in [0.3, 0.4) is 0 Å². The molecule has 0 radical (unpaired) electrons. The molecule has 2 heterocycles. The lowest BCUT2D eigenvalue weighted by molar-refractivity contribution is 0.666. The Morgan fingerprint density at radius 1 is 1.06 bits per heavy atom. The molecule has 1 aromatic heterocycles. The van der Waals surface area contributed by atoms with Crippen LogP contribution in [0.4, 0.5) is 5.69 Å². The van der Waals surface area contributed by atoms with Gasteiger partial charge in [-0.25, -0.2) is 5.43 Å². The van der Waals surface area contributed by atoms with Gasteiger partial charge in [-0.3, -0.25) is 9.99 Å². The first-order valence-corrected chi connectivity index (χ1v) is 5.94. The van der Waals surface area contributed by atoms with Crippen molar-refractivity contribution in [2.75, 3.05) is 11.6 Å². The quantitative estimate of drug-likeness (QED) is 0.851. The van der Waals surface area contributed by atoms with Crippen molar-refractivity contribution in [3.63, 3.8) is 0 Å². The minimum absolute atomic E-state index is 0.332. The van der Waals surface area contributed by atoms with Gasteiger partial charge in [-0.05, 0) is 30.7 Å². The van der Waals surface area contributed by atoms with Gasteiger partial charge in [0, 0.05) is 12.7 Å². The van der Waals surface area contributed by atoms with Crippen LogP contribution in [0.1, 0.15) is 18.2 Å². The summed E-state index contributed by atoms with van der Waals surface area (Å²) in [6.07, 6.45) is 2.95. The average Bonchev–Trinajstić information content (AvgIpc) is 2.90. The Labute approximate surface area is 101 Å². The smallest absolute Gasteiger partial charge is 0.0887 e. The molecule has 1 atom stereocenters. The van der Waals surface area contributed by atoms with Gasteiger partial charge in [0.1, 0.15) is 0 Å². The van der Waals surface area contributed by atoms with Crippen LogP contribution in [0.5, 0.6) is 0 Å². The number of nitrogens with one attached hydrogen (secondary N) is 1. The topological polar surface area (TPSA) is 28.2 Å². The summed E-state index contributed by atoms with van der Waals surface area (Å²) in [5.41, 5.74) is 5.74. The molecule has 0 amide bonds. The maximum absolute atomic E-state index is 4.45. The Hall–Kier alpha value is -1.87. The van der Waals surface area contributed by atoms with Crippen molar-refractivity contribution in [1.29, 1.82) is 0 Å². The Morgan fingerprint density at radius 2 is 1.88 bits per heavy atom. The van der Waals surface area contributed by atoms with E-state index in [-0.39, 0.29) is 0 Å². The average molecular weight is 225 g/mol. The first-order valence-electron chi connectivity index (χ1n) is 5.94. The number of aromatic nitrogens is 1. The molecule has 1 unspecified atom stereocenters. The van der Waals surface area contributed by atoms with Gasteiger partial charge in [0.2, 0.25) is 0 Å². The number of anilines is 1. The normalized spacial score (nSPS) is 19.5. The van der Waals surface area contributed by atoms with E-state index in [9.17, 15) is 0 Å². The number of benzene rings is 1. The van der Waals surface area contributed by atoms with E-state index < -0.39 is 0 Å². The van der Waals surface area contributed by atoms with Gasteiger partial charge < -0.3 is 0 Å². The molecule has 0 spiro atoms. The van der Waals surface area contributed by atoms with E-state index >= 15 is 0 Å². The lowest BCUT2D eigenvalue weighted by Gasteiger charge is -2.25. The molecule has 1 N–H and O–H groups in total. The van der Waals surface area contributed by atoms with Crippen LogP contribution in [0.25, 0.3) is 0 Å². The van der Waals surface area contributed by atoms with E-state index in [0.29, 0.717) is 6.04 Å². The second-order valence-corrected chi connectivity index (χ2v) is 4.17. The van der Waals surface area contributed by atoms with Gasteiger partial charge in [-0.1, -0.05) is 24.3 Å². The molecule has 3 rings (SSSR count). The molecule has 1 saturated heterocycles. The third-order valence-corrected chi connectivity index (χ3v) is 3.08. The summed E-state index contributed by atoms with van der Waals surface area (Å²) in [4.78, 5) is 4.45. The lowest BCUT2D eigenvalue weighted by atomic mass is 10.1. The van der Waals surface area contributed by atoms with Gasteiger partial charge in [-0.2, -0.15) is 0 Å². The molecule has 0 aliphatic carbocycles. The maximum atomic E-state index is 4.45. The molecule has 1 aliphatic rings. The lowest BCUT2D eigenvalue weighted by Crippen LogP contribution is -2.33. The van der Waals surface area contributed by atoms with Crippen LogP contribution in [-0.2, 0) is 0 Å². The van der Waals surface area contributed by atoms with Gasteiger partial charge in [-0.15, -0.1) is 0 Å². The highest BCUT2D eigenvalue weighted by Gasteiger charge is 2.26. The van der Waals surface area contributed by atoms with E-state index in [1.54, 1.807) is 0 Å². The molecule has 1 fully saturated rings. The second kappa shape index (κ2) is 4.55. The number of pyridine rings is 1. The number of rotatable bonds is 2. The highest BCUT2D eigenvalue weighted by Crippen LogP contribution is 2.29. The van der Waals surface area contributed by atoms with Crippen molar-refractivity contribution in [2.45, 2.75) is 12.5 Å². The number of hydrogen-bond donors (Lipinski definition) is 1. The summed E-state index contributed by atoms with van der Waals surface area (Å²) in [5.74, 6) is 0. The molecule has 2 aromatic rings. The van der Waals surface area contributed by atoms with Crippen molar-refractivity contribution in [2.24, 2.45) is 0 Å². The number of hydrogen-bond acceptors (Lipinski definition) is 3. The SMILES string of the molecule is c1ccc(N2NCCC2c2ccccn2)cc1. The van der Waals surface area contributed by atoms with Crippen LogP contribution in [0, 0.1) is 0 Å². The number of nitrogens with zero attached hydrogens (tertiary/aromatic N) is 2. The summed E-state index contributed by atoms with van der Waals surface area (Å²) in [5, 5.41) is 2.21. The van der Waals surface area contributed by atoms with Crippen LogP contribution < -0.4 is 10.4 Å². The van der Waals surface area contributed by atoms with Crippen molar-refractivity contribution in [1.82, 2.24) is 10.4 Å². The minimum atomic E-state index is 0.332. The van der Waals surface area contributed by atoms with E-state index in [1.165, 1.54) is 5.69 Å². The van der Waals surface area contributed by atoms with Crippen molar-refractivity contribution < 1.29 is 0 Å². The van der Waals surface area contributed by atoms with Gasteiger partial charge in [0.05, 0.1) is 17.4 Å². The molecule has 3 nitrogen and oxygen atoms in total. The van der Waals surface area contributed by atoms with E-state index in [4.69, 9.17) is 0 Å². The zero-order chi connectivity index (χ0) is 11.5. The predicted molar refractivity (Wildman–Crippen MR) is 68.5 cm³/mol. The Balaban J connectivity index is 1.91. The second-order valence-electron chi connectivity index (χ2n) is 4.17. The first-order chi connectivity index (χ1) is 8.45. The Kier molecular flexibility index (Phi) is 2.76. The van der Waals surface area contributed by atoms with E-state index in [2.05, 4.69) is 45.8 Å². The molecule has 3 heteroatoms. The fraction of sp³-hybridized carbons (Fsp3) is 0.214. The molecule has 17 heavy (non-hydrogen) atoms. The molecule has 0 saturated carbocycles. The summed E-state index contributed by atoms with van der Waals surface area (Å²) in [6, 6.07) is 16.8. The molecule has 1 aromatic carbocycles. The third-order valence-electron chi connectivity index (χ3n) is 3.08. The monoisotopic (exact) mass is 225 g/mol. The third kappa shape index (κ3) is 2.01. The van der Waals surface area contributed by atoms with Crippen molar-refractivity contribution in [3.8, 4) is 0 Å². The zero-order valence-electron chi connectivity index (χ0n) is 9.58. The molecular formula is C14H15N3. The van der Waals surface area contributed by atoms with Crippen molar-refractivity contribution >= 4 is 5.69 Å². The fourth-order valence-electron chi connectivity index (χ4n) is 2.27. The van der Waals surface area contributed by atoms with E-state index in [0.717, 1.165) is 18.7 Å². The summed E-state index contributed by atoms with van der Waals surface area (Å²) >= 11 is 0. The Morgan fingerprint density at radius 3 is 2.65 bits per heavy atom. The minimum Gasteiger partial charge on any atom is -0.299 e. The standard InChI is InChI=1S/C14H15N3/c1-2-6-12(7-3-1)17-14(9-11-16-17)13-8-4-5-10-15-13/h1-8,10,14,16H,9,11H2. The summed E-state index contributed by atoms with van der Waals surface area (Å²) in [6.45, 7) is 0.996. The van der Waals surface area contributed by atoms with Crippen LogP contribution in [0.2, 0.25) is 0 Å². The van der Waals surface area contributed by atoms with Crippen LogP contribution in [0.15, 0.2) is 54.7 Å². The molecule has 0 bridgehead atoms.